The Kier molecular flexibility index (Phi) is 7.83. The van der Waals surface area contributed by atoms with E-state index in [1.54, 1.807) is 19.2 Å². The van der Waals surface area contributed by atoms with Crippen LogP contribution in [0.1, 0.15) is 32.1 Å². The number of methoxy groups -OCH3 is 1. The number of ether oxygens (including phenoxy) is 2. The van der Waals surface area contributed by atoms with Crippen LogP contribution >= 0.6 is 11.6 Å². The Labute approximate surface area is 184 Å². The molecule has 0 unspecified atom stereocenters. The van der Waals surface area contributed by atoms with E-state index in [4.69, 9.17) is 26.8 Å². The van der Waals surface area contributed by atoms with E-state index in [1.165, 1.54) is 18.5 Å². The van der Waals surface area contributed by atoms with Gasteiger partial charge in [0.15, 0.2) is 11.5 Å². The van der Waals surface area contributed by atoms with Crippen LogP contribution in [0.2, 0.25) is 5.02 Å². The van der Waals surface area contributed by atoms with Crippen molar-refractivity contribution >= 4 is 39.9 Å². The summed E-state index contributed by atoms with van der Waals surface area (Å²) >= 11 is 5.87. The van der Waals surface area contributed by atoms with E-state index in [2.05, 4.69) is 15.3 Å². The smallest absolute Gasteiger partial charge is 0.217 e. The number of nitrogens with zero attached hydrogens (tertiary/aromatic N) is 2. The summed E-state index contributed by atoms with van der Waals surface area (Å²) in [6.07, 6.45) is 5.32. The Morgan fingerprint density at radius 2 is 1.94 bits per heavy atom. The molecule has 31 heavy (non-hydrogen) atoms. The summed E-state index contributed by atoms with van der Waals surface area (Å²) in [4.78, 5) is 19.4. The highest BCUT2D eigenvalue weighted by Crippen LogP contribution is 2.35. The molecule has 3 rings (SSSR count). The van der Waals surface area contributed by atoms with Crippen LogP contribution in [0.4, 0.5) is 15.9 Å². The van der Waals surface area contributed by atoms with Crippen molar-refractivity contribution in [1.82, 2.24) is 9.97 Å². The van der Waals surface area contributed by atoms with E-state index in [0.717, 1.165) is 31.1 Å². The highest BCUT2D eigenvalue weighted by atomic mass is 35.5. The number of unbranched alkanes of at least 4 members (excludes halogenated alkanes) is 3. The highest BCUT2D eigenvalue weighted by Gasteiger charge is 2.12. The summed E-state index contributed by atoms with van der Waals surface area (Å²) in [5.41, 5.74) is 6.41. The van der Waals surface area contributed by atoms with Crippen LogP contribution in [0.5, 0.6) is 11.5 Å². The number of carbonyl (C=O) groups is 1. The number of aromatic nitrogens is 2. The lowest BCUT2D eigenvalue weighted by molar-refractivity contribution is -0.118. The van der Waals surface area contributed by atoms with Crippen LogP contribution in [0.25, 0.3) is 10.9 Å². The number of hydrogen-bond donors (Lipinski definition) is 2. The second kappa shape index (κ2) is 10.8. The third-order valence-electron chi connectivity index (χ3n) is 4.68. The third-order valence-corrected chi connectivity index (χ3v) is 4.97. The van der Waals surface area contributed by atoms with Gasteiger partial charge in [-0.05, 0) is 37.1 Å². The van der Waals surface area contributed by atoms with Gasteiger partial charge in [0.25, 0.3) is 0 Å². The number of anilines is 2. The SMILES string of the molecule is COc1cc2ncnc(Nc3ccc(F)c(Cl)c3)c2cc1OCCCCCCC(N)=O. The quantitative estimate of drug-likeness (QED) is 0.402. The fourth-order valence-corrected chi connectivity index (χ4v) is 3.26. The fourth-order valence-electron chi connectivity index (χ4n) is 3.08. The van der Waals surface area contributed by atoms with Crippen LogP contribution in [-0.4, -0.2) is 29.6 Å². The van der Waals surface area contributed by atoms with Gasteiger partial charge in [-0.15, -0.1) is 0 Å². The van der Waals surface area contributed by atoms with Crippen molar-refractivity contribution in [3.05, 3.63) is 47.5 Å². The van der Waals surface area contributed by atoms with Gasteiger partial charge in [0.2, 0.25) is 5.91 Å². The normalized spacial score (nSPS) is 10.8. The summed E-state index contributed by atoms with van der Waals surface area (Å²) in [5, 5.41) is 3.88. The number of hydrogen-bond acceptors (Lipinski definition) is 6. The van der Waals surface area contributed by atoms with Gasteiger partial charge < -0.3 is 20.5 Å². The monoisotopic (exact) mass is 446 g/mol. The minimum absolute atomic E-state index is 0.0184. The zero-order valence-corrected chi connectivity index (χ0v) is 17.9. The van der Waals surface area contributed by atoms with Crippen molar-refractivity contribution in [2.24, 2.45) is 5.73 Å². The van der Waals surface area contributed by atoms with Gasteiger partial charge >= 0.3 is 0 Å². The molecule has 0 atom stereocenters. The molecule has 0 spiro atoms. The molecular weight excluding hydrogens is 423 g/mol. The van der Waals surface area contributed by atoms with E-state index in [-0.39, 0.29) is 10.9 Å². The summed E-state index contributed by atoms with van der Waals surface area (Å²) in [6, 6.07) is 7.95. The summed E-state index contributed by atoms with van der Waals surface area (Å²) < 4.78 is 24.8. The molecule has 164 valence electrons. The average Bonchev–Trinajstić information content (AvgIpc) is 2.75. The number of nitrogens with one attached hydrogen (secondary N) is 1. The van der Waals surface area contributed by atoms with Crippen LogP contribution in [0.3, 0.4) is 0 Å². The Balaban J connectivity index is 1.73. The lowest BCUT2D eigenvalue weighted by Gasteiger charge is -2.14. The van der Waals surface area contributed by atoms with Gasteiger partial charge in [0, 0.05) is 23.6 Å². The molecule has 1 aromatic heterocycles. The Bertz CT molecular complexity index is 1060. The summed E-state index contributed by atoms with van der Waals surface area (Å²) in [5.74, 6) is 0.908. The average molecular weight is 447 g/mol. The Morgan fingerprint density at radius 3 is 2.68 bits per heavy atom. The molecule has 9 heteroatoms. The molecule has 1 heterocycles. The van der Waals surface area contributed by atoms with Crippen molar-refractivity contribution in [3.63, 3.8) is 0 Å². The van der Waals surface area contributed by atoms with Gasteiger partial charge in [0.05, 0.1) is 24.3 Å². The number of rotatable bonds is 11. The van der Waals surface area contributed by atoms with Crippen molar-refractivity contribution in [3.8, 4) is 11.5 Å². The first-order valence-corrected chi connectivity index (χ1v) is 10.3. The summed E-state index contributed by atoms with van der Waals surface area (Å²) in [7, 11) is 1.57. The van der Waals surface area contributed by atoms with Crippen molar-refractivity contribution < 1.29 is 18.7 Å². The molecule has 0 aliphatic carbocycles. The van der Waals surface area contributed by atoms with Gasteiger partial charge in [-0.25, -0.2) is 14.4 Å². The number of primary amides is 1. The minimum atomic E-state index is -0.491. The van der Waals surface area contributed by atoms with E-state index in [1.807, 2.05) is 6.07 Å². The number of benzene rings is 2. The largest absolute Gasteiger partial charge is 0.493 e. The highest BCUT2D eigenvalue weighted by molar-refractivity contribution is 6.31. The predicted octanol–water partition coefficient (Wildman–Crippen LogP) is 4.99. The molecule has 0 saturated heterocycles. The number of fused-ring (bicyclic) bond motifs is 1. The van der Waals surface area contributed by atoms with Crippen molar-refractivity contribution in [1.29, 1.82) is 0 Å². The molecule has 0 aliphatic rings. The molecular formula is C22H24ClFN4O3. The first-order chi connectivity index (χ1) is 15.0. The van der Waals surface area contributed by atoms with Gasteiger partial charge in [-0.2, -0.15) is 0 Å². The van der Waals surface area contributed by atoms with Crippen LogP contribution < -0.4 is 20.5 Å². The van der Waals surface area contributed by atoms with Gasteiger partial charge in [0.1, 0.15) is 18.0 Å². The van der Waals surface area contributed by atoms with Gasteiger partial charge in [-0.1, -0.05) is 24.4 Å². The van der Waals surface area contributed by atoms with E-state index in [0.29, 0.717) is 41.5 Å². The molecule has 0 fully saturated rings. The topological polar surface area (TPSA) is 99.4 Å². The van der Waals surface area contributed by atoms with Crippen molar-refractivity contribution in [2.45, 2.75) is 32.1 Å². The number of amides is 1. The first kappa shape index (κ1) is 22.6. The number of halogens is 2. The van der Waals surface area contributed by atoms with Crippen LogP contribution in [0.15, 0.2) is 36.7 Å². The second-order valence-electron chi connectivity index (χ2n) is 6.98. The summed E-state index contributed by atoms with van der Waals surface area (Å²) in [6.45, 7) is 0.502. The third kappa shape index (κ3) is 6.18. The maximum absolute atomic E-state index is 13.4. The van der Waals surface area contributed by atoms with Crippen LogP contribution in [0, 0.1) is 5.82 Å². The van der Waals surface area contributed by atoms with Crippen LogP contribution in [-0.2, 0) is 4.79 Å². The molecule has 7 nitrogen and oxygen atoms in total. The predicted molar refractivity (Wildman–Crippen MR) is 119 cm³/mol. The molecule has 1 amide bonds. The maximum atomic E-state index is 13.4. The second-order valence-corrected chi connectivity index (χ2v) is 7.38. The lowest BCUT2D eigenvalue weighted by atomic mass is 10.1. The molecule has 3 N–H and O–H groups in total. The molecule has 0 bridgehead atoms. The zero-order chi connectivity index (χ0) is 22.2. The maximum Gasteiger partial charge on any atom is 0.217 e. The molecule has 0 saturated carbocycles. The molecule has 3 aromatic rings. The Hall–Kier alpha value is -3.13. The zero-order valence-electron chi connectivity index (χ0n) is 17.2. The minimum Gasteiger partial charge on any atom is -0.493 e. The van der Waals surface area contributed by atoms with E-state index in [9.17, 15) is 9.18 Å². The fraction of sp³-hybridized carbons (Fsp3) is 0.318. The lowest BCUT2D eigenvalue weighted by Crippen LogP contribution is -2.09. The molecule has 2 aromatic carbocycles. The first-order valence-electron chi connectivity index (χ1n) is 9.94. The number of nitrogens with two attached hydrogens (primary N) is 1. The molecule has 0 aliphatic heterocycles. The standard InChI is InChI=1S/C22H24ClFN4O3/c1-30-19-12-18-15(11-20(19)31-9-5-3-2-4-6-21(25)29)22(27-13-26-18)28-14-7-8-17(24)16(23)10-14/h7-8,10-13H,2-6,9H2,1H3,(H2,25,29)(H,26,27,28). The van der Waals surface area contributed by atoms with Crippen molar-refractivity contribution in [2.75, 3.05) is 19.0 Å². The van der Waals surface area contributed by atoms with E-state index < -0.39 is 5.82 Å². The van der Waals surface area contributed by atoms with Gasteiger partial charge in [-0.3, -0.25) is 4.79 Å². The molecule has 0 radical (unpaired) electrons. The van der Waals surface area contributed by atoms with E-state index >= 15 is 0 Å². The number of carbonyl (C=O) groups excluding carboxylic acids is 1. The Morgan fingerprint density at radius 1 is 1.13 bits per heavy atom.